The Bertz CT molecular complexity index is 462. The number of hydrogen-bond donors (Lipinski definition) is 1. The average molecular weight is 223 g/mol. The fraction of sp³-hybridized carbons (Fsp3) is 0.333. The van der Waals surface area contributed by atoms with Crippen LogP contribution >= 0.6 is 11.8 Å². The highest BCUT2D eigenvalue weighted by Gasteiger charge is 2.05. The molecule has 2 aromatic rings. The van der Waals surface area contributed by atoms with Crippen LogP contribution in [0.2, 0.25) is 0 Å². The fourth-order valence-electron chi connectivity index (χ4n) is 1.51. The van der Waals surface area contributed by atoms with E-state index >= 15 is 0 Å². The summed E-state index contributed by atoms with van der Waals surface area (Å²) in [5.74, 6) is 0.760. The first-order chi connectivity index (χ1) is 7.16. The van der Waals surface area contributed by atoms with E-state index in [1.165, 1.54) is 6.07 Å². The summed E-state index contributed by atoms with van der Waals surface area (Å²) >= 11 is 1.85. The minimum absolute atomic E-state index is 0.149. The molecular formula is C12H14FNS. The lowest BCUT2D eigenvalue weighted by Crippen LogP contribution is -1.88. The minimum Gasteiger partial charge on any atom is -0.358 e. The van der Waals surface area contributed by atoms with E-state index in [-0.39, 0.29) is 5.82 Å². The SMILES string of the molecule is CC(C)SCc1cc2c(F)cccc2[nH]1. The molecule has 0 saturated carbocycles. The molecule has 0 fully saturated rings. The number of H-pyrrole nitrogens is 1. The van der Waals surface area contributed by atoms with Gasteiger partial charge in [-0.05, 0) is 23.4 Å². The monoisotopic (exact) mass is 223 g/mol. The highest BCUT2D eigenvalue weighted by atomic mass is 32.2. The zero-order valence-electron chi connectivity index (χ0n) is 8.88. The van der Waals surface area contributed by atoms with Crippen LogP contribution in [0.1, 0.15) is 19.5 Å². The number of nitrogens with one attached hydrogen (secondary N) is 1. The molecule has 0 saturated heterocycles. The lowest BCUT2D eigenvalue weighted by molar-refractivity contribution is 0.640. The van der Waals surface area contributed by atoms with E-state index < -0.39 is 0 Å². The summed E-state index contributed by atoms with van der Waals surface area (Å²) in [6.07, 6.45) is 0. The van der Waals surface area contributed by atoms with E-state index in [1.54, 1.807) is 6.07 Å². The molecule has 3 heteroatoms. The molecule has 0 unspecified atom stereocenters. The van der Waals surface area contributed by atoms with E-state index in [4.69, 9.17) is 0 Å². The van der Waals surface area contributed by atoms with Gasteiger partial charge >= 0.3 is 0 Å². The predicted octanol–water partition coefficient (Wildman–Crippen LogP) is 3.95. The van der Waals surface area contributed by atoms with Gasteiger partial charge in [0.1, 0.15) is 5.82 Å². The van der Waals surface area contributed by atoms with Crippen molar-refractivity contribution in [2.24, 2.45) is 0 Å². The highest BCUT2D eigenvalue weighted by Crippen LogP contribution is 2.22. The molecule has 80 valence electrons. The normalized spacial score (nSPS) is 11.5. The number of benzene rings is 1. The lowest BCUT2D eigenvalue weighted by atomic mass is 10.2. The van der Waals surface area contributed by atoms with Crippen molar-refractivity contribution in [3.8, 4) is 0 Å². The number of hydrogen-bond acceptors (Lipinski definition) is 1. The van der Waals surface area contributed by atoms with Crippen LogP contribution in [0.5, 0.6) is 0 Å². The Morgan fingerprint density at radius 3 is 2.87 bits per heavy atom. The van der Waals surface area contributed by atoms with E-state index in [1.807, 2.05) is 23.9 Å². The topological polar surface area (TPSA) is 15.8 Å². The molecule has 15 heavy (non-hydrogen) atoms. The molecule has 0 spiro atoms. The Hall–Kier alpha value is -0.960. The highest BCUT2D eigenvalue weighted by molar-refractivity contribution is 7.99. The first kappa shape index (κ1) is 10.6. The van der Waals surface area contributed by atoms with Gasteiger partial charge in [0.2, 0.25) is 0 Å². The summed E-state index contributed by atoms with van der Waals surface area (Å²) in [5.41, 5.74) is 1.98. The van der Waals surface area contributed by atoms with Crippen molar-refractivity contribution in [2.45, 2.75) is 24.9 Å². The minimum atomic E-state index is -0.149. The second-order valence-corrected chi connectivity index (χ2v) is 5.42. The molecule has 0 atom stereocenters. The van der Waals surface area contributed by atoms with Gasteiger partial charge in [-0.25, -0.2) is 4.39 Å². The summed E-state index contributed by atoms with van der Waals surface area (Å²) in [7, 11) is 0. The molecule has 0 aliphatic carbocycles. The molecule has 1 aromatic heterocycles. The van der Waals surface area contributed by atoms with Gasteiger partial charge < -0.3 is 4.98 Å². The Morgan fingerprint density at radius 2 is 2.20 bits per heavy atom. The van der Waals surface area contributed by atoms with Crippen molar-refractivity contribution in [3.05, 3.63) is 35.8 Å². The molecule has 0 aliphatic rings. The van der Waals surface area contributed by atoms with Gasteiger partial charge in [0, 0.05) is 22.3 Å². The molecule has 2 rings (SSSR count). The van der Waals surface area contributed by atoms with Crippen LogP contribution < -0.4 is 0 Å². The third kappa shape index (κ3) is 2.34. The van der Waals surface area contributed by atoms with Gasteiger partial charge in [-0.3, -0.25) is 0 Å². The van der Waals surface area contributed by atoms with Crippen LogP contribution in [0.3, 0.4) is 0 Å². The first-order valence-corrected chi connectivity index (χ1v) is 6.09. The molecular weight excluding hydrogens is 209 g/mol. The van der Waals surface area contributed by atoms with Crippen LogP contribution in [0.4, 0.5) is 4.39 Å². The average Bonchev–Trinajstić information content (AvgIpc) is 2.59. The van der Waals surface area contributed by atoms with Crippen LogP contribution in [-0.2, 0) is 5.75 Å². The van der Waals surface area contributed by atoms with E-state index in [9.17, 15) is 4.39 Å². The molecule has 0 amide bonds. The van der Waals surface area contributed by atoms with E-state index in [0.29, 0.717) is 10.6 Å². The molecule has 0 bridgehead atoms. The van der Waals surface area contributed by atoms with Gasteiger partial charge in [-0.2, -0.15) is 11.8 Å². The van der Waals surface area contributed by atoms with Crippen molar-refractivity contribution in [3.63, 3.8) is 0 Å². The zero-order chi connectivity index (χ0) is 10.8. The van der Waals surface area contributed by atoms with Crippen LogP contribution in [0, 0.1) is 5.82 Å². The maximum Gasteiger partial charge on any atom is 0.132 e. The van der Waals surface area contributed by atoms with Crippen molar-refractivity contribution in [1.29, 1.82) is 0 Å². The number of aromatic nitrogens is 1. The van der Waals surface area contributed by atoms with Crippen LogP contribution in [0.15, 0.2) is 24.3 Å². The van der Waals surface area contributed by atoms with Crippen molar-refractivity contribution in [1.82, 2.24) is 4.98 Å². The third-order valence-corrected chi connectivity index (χ3v) is 3.38. The van der Waals surface area contributed by atoms with Gasteiger partial charge in [0.05, 0.1) is 0 Å². The largest absolute Gasteiger partial charge is 0.358 e. The quantitative estimate of drug-likeness (QED) is 0.833. The van der Waals surface area contributed by atoms with E-state index in [0.717, 1.165) is 17.0 Å². The van der Waals surface area contributed by atoms with Gasteiger partial charge in [0.15, 0.2) is 0 Å². The van der Waals surface area contributed by atoms with Crippen molar-refractivity contribution >= 4 is 22.7 Å². The van der Waals surface area contributed by atoms with Gasteiger partial charge in [0.25, 0.3) is 0 Å². The Balaban J connectivity index is 2.27. The predicted molar refractivity (Wildman–Crippen MR) is 64.7 cm³/mol. The smallest absolute Gasteiger partial charge is 0.132 e. The summed E-state index contributed by atoms with van der Waals surface area (Å²) in [4.78, 5) is 3.23. The number of thioether (sulfide) groups is 1. The van der Waals surface area contributed by atoms with Crippen LogP contribution in [-0.4, -0.2) is 10.2 Å². The van der Waals surface area contributed by atoms with Crippen molar-refractivity contribution < 1.29 is 4.39 Å². The summed E-state index contributed by atoms with van der Waals surface area (Å²) in [5, 5.41) is 1.29. The summed E-state index contributed by atoms with van der Waals surface area (Å²) in [6, 6.07) is 7.03. The molecule has 1 nitrogen and oxygen atoms in total. The second-order valence-electron chi connectivity index (χ2n) is 3.86. The van der Waals surface area contributed by atoms with Gasteiger partial charge in [-0.15, -0.1) is 0 Å². The Morgan fingerprint density at radius 1 is 1.40 bits per heavy atom. The molecule has 1 N–H and O–H groups in total. The third-order valence-electron chi connectivity index (χ3n) is 2.24. The fourth-order valence-corrected chi connectivity index (χ4v) is 2.18. The van der Waals surface area contributed by atoms with Gasteiger partial charge in [-0.1, -0.05) is 19.9 Å². The van der Waals surface area contributed by atoms with Crippen LogP contribution in [0.25, 0.3) is 10.9 Å². The Labute approximate surface area is 93.1 Å². The number of fused-ring (bicyclic) bond motifs is 1. The molecule has 1 heterocycles. The van der Waals surface area contributed by atoms with Crippen molar-refractivity contribution in [2.75, 3.05) is 0 Å². The lowest BCUT2D eigenvalue weighted by Gasteiger charge is -2.01. The molecule has 0 radical (unpaired) electrons. The number of halogens is 1. The standard InChI is InChI=1S/C12H14FNS/c1-8(2)15-7-9-6-10-11(13)4-3-5-12(10)14-9/h3-6,8,14H,7H2,1-2H3. The number of aromatic amines is 1. The maximum atomic E-state index is 13.4. The maximum absolute atomic E-state index is 13.4. The second kappa shape index (κ2) is 4.27. The zero-order valence-corrected chi connectivity index (χ0v) is 9.70. The summed E-state index contributed by atoms with van der Waals surface area (Å²) in [6.45, 7) is 4.32. The molecule has 1 aromatic carbocycles. The Kier molecular flexibility index (Phi) is 3.00. The molecule has 0 aliphatic heterocycles. The van der Waals surface area contributed by atoms with E-state index in [2.05, 4.69) is 18.8 Å². The summed E-state index contributed by atoms with van der Waals surface area (Å²) < 4.78 is 13.4. The first-order valence-electron chi connectivity index (χ1n) is 5.04. The number of rotatable bonds is 3.